The summed E-state index contributed by atoms with van der Waals surface area (Å²) in [7, 11) is 1.01. The third kappa shape index (κ3) is 7.35. The molecule has 0 aliphatic carbocycles. The number of rotatable bonds is 12. The molecular weight excluding hydrogens is 526 g/mol. The number of likely N-dealkylation sites (N-methyl/N-ethyl adjacent to an activating group) is 1. The van der Waals surface area contributed by atoms with Crippen LogP contribution in [0.1, 0.15) is 32.0 Å². The summed E-state index contributed by atoms with van der Waals surface area (Å²) in [6.45, 7) is -3.28. The number of anilines is 2. The molecule has 0 bridgehead atoms. The Bertz CT molecular complexity index is 1810. The molecule has 0 amide bonds. The minimum absolute atomic E-state index is 0.217. The molecule has 2 aromatic heterocycles. The minimum Gasteiger partial charge on any atom is -0.494 e. The highest BCUT2D eigenvalue weighted by atomic mass is 35.5. The fourth-order valence-electron chi connectivity index (χ4n) is 3.84. The molecule has 0 saturated carbocycles. The van der Waals surface area contributed by atoms with Gasteiger partial charge in [-0.1, -0.05) is 23.7 Å². The van der Waals surface area contributed by atoms with Crippen molar-refractivity contribution in [3.05, 3.63) is 94.9 Å². The van der Waals surface area contributed by atoms with Crippen molar-refractivity contribution in [3.8, 4) is 17.6 Å². The Hall–Kier alpha value is -4.45. The van der Waals surface area contributed by atoms with Crippen molar-refractivity contribution in [2.45, 2.75) is 20.0 Å². The van der Waals surface area contributed by atoms with Crippen molar-refractivity contribution in [2.75, 3.05) is 32.4 Å². The molecule has 40 heavy (non-hydrogen) atoms. The number of fused-ring (bicyclic) bond motifs is 1. The first-order chi connectivity index (χ1) is 21.7. The van der Waals surface area contributed by atoms with Crippen LogP contribution in [0.5, 0.6) is 11.5 Å². The van der Waals surface area contributed by atoms with Crippen LogP contribution in [-0.4, -0.2) is 47.8 Å². The number of allylic oxidation sites excluding steroid dienone is 1. The number of nitriles is 1. The predicted octanol–water partition coefficient (Wildman–Crippen LogP) is 6.11. The van der Waals surface area contributed by atoms with E-state index in [1.165, 1.54) is 6.20 Å². The molecule has 204 valence electrons. The van der Waals surface area contributed by atoms with Crippen LogP contribution in [0.25, 0.3) is 10.9 Å². The third-order valence-corrected chi connectivity index (χ3v) is 5.90. The van der Waals surface area contributed by atoms with Gasteiger partial charge in [0.05, 0.1) is 35.5 Å². The lowest BCUT2D eigenvalue weighted by Crippen LogP contribution is -2.11. The first-order valence-corrected chi connectivity index (χ1v) is 12.7. The quantitative estimate of drug-likeness (QED) is 0.207. The van der Waals surface area contributed by atoms with E-state index in [-0.39, 0.29) is 25.2 Å². The Kier molecular flexibility index (Phi) is 7.25. The molecule has 0 fully saturated rings. The number of aromatic nitrogens is 2. The van der Waals surface area contributed by atoms with Gasteiger partial charge in [-0.2, -0.15) is 5.26 Å². The molecule has 2 heterocycles. The van der Waals surface area contributed by atoms with Crippen LogP contribution in [0, 0.1) is 11.3 Å². The SMILES string of the molecule is [2H]/C(=C\C(=O)Cc1cc2c(Nc3ccc(OCc4ccccn4)c(Cl)c3)c(C#N)cnc2cc1OCC)C([2H])([2H])N(C)C([2H])([2H])[2H]. The van der Waals surface area contributed by atoms with Crippen LogP contribution in [0.15, 0.2) is 73.1 Å². The van der Waals surface area contributed by atoms with Crippen molar-refractivity contribution in [2.24, 2.45) is 0 Å². The number of benzene rings is 2. The van der Waals surface area contributed by atoms with E-state index in [0.29, 0.717) is 49.3 Å². The second-order valence-corrected chi connectivity index (χ2v) is 8.96. The van der Waals surface area contributed by atoms with Gasteiger partial charge in [-0.25, -0.2) is 0 Å². The maximum atomic E-state index is 13.1. The van der Waals surface area contributed by atoms with Crippen LogP contribution in [0.3, 0.4) is 0 Å². The molecule has 4 aromatic rings. The number of nitrogens with one attached hydrogen (secondary N) is 1. The van der Waals surface area contributed by atoms with E-state index in [4.69, 9.17) is 29.3 Å². The molecular formula is C31H30ClN5O3. The van der Waals surface area contributed by atoms with E-state index in [2.05, 4.69) is 21.4 Å². The maximum Gasteiger partial charge on any atom is 0.159 e. The second kappa shape index (κ2) is 13.6. The van der Waals surface area contributed by atoms with Gasteiger partial charge in [-0.15, -0.1) is 0 Å². The van der Waals surface area contributed by atoms with Crippen molar-refractivity contribution in [3.63, 3.8) is 0 Å². The molecule has 0 unspecified atom stereocenters. The topological polar surface area (TPSA) is 100 Å². The second-order valence-electron chi connectivity index (χ2n) is 8.55. The monoisotopic (exact) mass is 561 g/mol. The van der Waals surface area contributed by atoms with E-state index in [9.17, 15) is 10.1 Å². The van der Waals surface area contributed by atoms with Gasteiger partial charge in [0.25, 0.3) is 0 Å². The first kappa shape index (κ1) is 21.4. The zero-order chi connectivity index (χ0) is 33.6. The Balaban J connectivity index is 1.67. The van der Waals surface area contributed by atoms with Gasteiger partial charge in [0, 0.05) is 54.9 Å². The average molecular weight is 562 g/mol. The normalized spacial score (nSPS) is 14.2. The smallest absolute Gasteiger partial charge is 0.159 e. The molecule has 0 spiro atoms. The highest BCUT2D eigenvalue weighted by Crippen LogP contribution is 2.36. The fraction of sp³-hybridized carbons (Fsp3) is 0.226. The number of ether oxygens (including phenoxy) is 2. The number of pyridine rings is 2. The number of hydrogen-bond donors (Lipinski definition) is 1. The van der Waals surface area contributed by atoms with Gasteiger partial charge in [0.2, 0.25) is 0 Å². The van der Waals surface area contributed by atoms with Crippen LogP contribution in [0.4, 0.5) is 11.4 Å². The van der Waals surface area contributed by atoms with Crippen molar-refractivity contribution >= 4 is 39.7 Å². The van der Waals surface area contributed by atoms with Crippen molar-refractivity contribution in [1.82, 2.24) is 14.9 Å². The van der Waals surface area contributed by atoms with Crippen LogP contribution >= 0.6 is 11.6 Å². The largest absolute Gasteiger partial charge is 0.494 e. The van der Waals surface area contributed by atoms with Gasteiger partial charge in [-0.05, 0) is 63.4 Å². The molecule has 8 nitrogen and oxygen atoms in total. The number of carbonyl (C=O) groups excluding carboxylic acids is 1. The number of carbonyl (C=O) groups is 1. The van der Waals surface area contributed by atoms with Gasteiger partial charge in [0.15, 0.2) is 5.78 Å². The molecule has 0 aliphatic heterocycles. The Morgan fingerprint density at radius 1 is 1.25 bits per heavy atom. The molecule has 4 rings (SSSR count). The number of hydrogen-bond acceptors (Lipinski definition) is 8. The summed E-state index contributed by atoms with van der Waals surface area (Å²) in [5.74, 6) is 0.128. The summed E-state index contributed by atoms with van der Waals surface area (Å²) in [6, 6.07) is 15.1. The zero-order valence-corrected chi connectivity index (χ0v) is 22.6. The van der Waals surface area contributed by atoms with Gasteiger partial charge < -0.3 is 19.7 Å². The maximum absolute atomic E-state index is 13.1. The molecule has 1 N–H and O–H groups in total. The minimum atomic E-state index is -2.82. The van der Waals surface area contributed by atoms with Crippen LogP contribution < -0.4 is 14.8 Å². The predicted molar refractivity (Wildman–Crippen MR) is 157 cm³/mol. The van der Waals surface area contributed by atoms with E-state index < -0.39 is 25.3 Å². The molecule has 2 aromatic carbocycles. The zero-order valence-electron chi connectivity index (χ0n) is 27.9. The lowest BCUT2D eigenvalue weighted by atomic mass is 10.0. The number of halogens is 1. The Morgan fingerprint density at radius 2 is 2.12 bits per heavy atom. The van der Waals surface area contributed by atoms with Crippen LogP contribution in [-0.2, 0) is 17.8 Å². The van der Waals surface area contributed by atoms with E-state index in [1.54, 1.807) is 43.5 Å². The molecule has 0 radical (unpaired) electrons. The first-order valence-electron chi connectivity index (χ1n) is 15.3. The molecule has 0 saturated heterocycles. The summed E-state index contributed by atoms with van der Waals surface area (Å²) < 4.78 is 58.3. The number of ketones is 1. The Morgan fingerprint density at radius 3 is 2.85 bits per heavy atom. The summed E-state index contributed by atoms with van der Waals surface area (Å²) in [6.07, 6.45) is 3.55. The lowest BCUT2D eigenvalue weighted by molar-refractivity contribution is -0.114. The summed E-state index contributed by atoms with van der Waals surface area (Å²) in [4.78, 5) is 22.1. The fourth-order valence-corrected chi connectivity index (χ4v) is 4.07. The summed E-state index contributed by atoms with van der Waals surface area (Å²) in [5.41, 5.74) is 2.76. The van der Waals surface area contributed by atoms with E-state index >= 15 is 0 Å². The lowest BCUT2D eigenvalue weighted by Gasteiger charge is -2.16. The molecule has 9 heteroatoms. The summed E-state index contributed by atoms with van der Waals surface area (Å²) in [5, 5.41) is 13.9. The molecule has 0 atom stereocenters. The van der Waals surface area contributed by atoms with Gasteiger partial charge >= 0.3 is 0 Å². The summed E-state index contributed by atoms with van der Waals surface area (Å²) >= 11 is 6.51. The average Bonchev–Trinajstić information content (AvgIpc) is 3.01. The number of nitrogens with zero attached hydrogens (tertiary/aromatic N) is 4. The highest BCUT2D eigenvalue weighted by molar-refractivity contribution is 6.32. The highest BCUT2D eigenvalue weighted by Gasteiger charge is 2.16. The standard InChI is InChI=1S/C31H30ClN5O3/c1-4-39-30-17-28-26(15-21(30)14-25(38)9-7-13-37(2)3)31(22(18-33)19-35-28)36-23-10-11-29(27(32)16-23)40-20-24-8-5-6-12-34-24/h5-12,15-17,19H,4,13-14,20H2,1-3H3,(H,35,36)/b9-7+/i2D3,7D,13D2. The van der Waals surface area contributed by atoms with E-state index in [0.717, 1.165) is 18.8 Å². The van der Waals surface area contributed by atoms with Crippen LogP contribution in [0.2, 0.25) is 5.02 Å². The van der Waals surface area contributed by atoms with Gasteiger partial charge in [-0.3, -0.25) is 14.8 Å². The molecule has 0 aliphatic rings. The van der Waals surface area contributed by atoms with E-state index in [1.807, 2.05) is 18.2 Å². The van der Waals surface area contributed by atoms with Crippen molar-refractivity contribution in [1.29, 1.82) is 5.26 Å². The van der Waals surface area contributed by atoms with Crippen molar-refractivity contribution < 1.29 is 22.5 Å². The van der Waals surface area contributed by atoms with Gasteiger partial charge in [0.1, 0.15) is 24.2 Å². The Labute approximate surface area is 247 Å². The third-order valence-electron chi connectivity index (χ3n) is 5.60.